The van der Waals surface area contributed by atoms with Crippen LogP contribution in [-0.4, -0.2) is 66.1 Å². The van der Waals surface area contributed by atoms with E-state index >= 15 is 0 Å². The van der Waals surface area contributed by atoms with E-state index in [4.69, 9.17) is 33.2 Å². The summed E-state index contributed by atoms with van der Waals surface area (Å²) in [5, 5.41) is 0. The lowest BCUT2D eigenvalue weighted by molar-refractivity contribution is 0.0268. The largest absolute Gasteiger partial charge is 0.487 e. The molecule has 0 amide bonds. The molecule has 2 aromatic rings. The van der Waals surface area contributed by atoms with Crippen LogP contribution < -0.4 is 18.9 Å². The van der Waals surface area contributed by atoms with E-state index in [0.29, 0.717) is 89.1 Å². The van der Waals surface area contributed by atoms with Gasteiger partial charge in [-0.3, -0.25) is 0 Å². The molecule has 2 aromatic carbocycles. The monoisotopic (exact) mass is 716 g/mol. The van der Waals surface area contributed by atoms with Crippen LogP contribution in [0.15, 0.2) is 42.2 Å². The van der Waals surface area contributed by atoms with E-state index in [-0.39, 0.29) is 0 Å². The Balaban J connectivity index is 1.60. The standard InChI is InChI=1S/C22H24Br4O7/c23-15-11-19-21(13-17(15)25)32-9-5-29-6-10-33-22-14-18(26)16(24)12-20(22)31-8-4-28-2-1-27-3-7-30-19/h11-14H,1-10H2. The zero-order valence-corrected chi connectivity index (χ0v) is 24.1. The van der Waals surface area contributed by atoms with Crippen LogP contribution in [0.25, 0.3) is 0 Å². The predicted molar refractivity (Wildman–Crippen MR) is 138 cm³/mol. The molecule has 0 N–H and O–H groups in total. The summed E-state index contributed by atoms with van der Waals surface area (Å²) in [5.74, 6) is 2.51. The van der Waals surface area contributed by atoms with Crippen LogP contribution >= 0.6 is 63.7 Å². The van der Waals surface area contributed by atoms with Crippen LogP contribution in [0.3, 0.4) is 0 Å². The predicted octanol–water partition coefficient (Wildman–Crippen LogP) is 6.02. The minimum absolute atomic E-state index is 0.371. The van der Waals surface area contributed by atoms with Crippen LogP contribution in [0.4, 0.5) is 0 Å². The molecule has 0 saturated heterocycles. The van der Waals surface area contributed by atoms with Gasteiger partial charge in [-0.2, -0.15) is 0 Å². The minimum Gasteiger partial charge on any atom is -0.487 e. The maximum Gasteiger partial charge on any atom is 0.162 e. The second-order valence-electron chi connectivity index (χ2n) is 6.66. The van der Waals surface area contributed by atoms with Gasteiger partial charge in [-0.15, -0.1) is 0 Å². The SMILES string of the molecule is Brc1cc2c(cc1Br)OCCOCCOc1cc(Br)c(Br)cc1OCCOCCOCCO2. The molecule has 0 spiro atoms. The summed E-state index contributed by atoms with van der Waals surface area (Å²) in [4.78, 5) is 0. The molecule has 1 aliphatic rings. The lowest BCUT2D eigenvalue weighted by Crippen LogP contribution is -2.14. The fraction of sp³-hybridized carbons (Fsp3) is 0.455. The van der Waals surface area contributed by atoms with Crippen LogP contribution in [0.5, 0.6) is 23.0 Å². The number of hydrogen-bond acceptors (Lipinski definition) is 7. The van der Waals surface area contributed by atoms with Gasteiger partial charge in [-0.25, -0.2) is 0 Å². The highest BCUT2D eigenvalue weighted by Crippen LogP contribution is 2.37. The Morgan fingerprint density at radius 1 is 0.364 bits per heavy atom. The number of ether oxygens (including phenoxy) is 7. The molecule has 11 heteroatoms. The zero-order chi connectivity index (χ0) is 23.5. The third kappa shape index (κ3) is 9.19. The second kappa shape index (κ2) is 14.8. The molecule has 0 radical (unpaired) electrons. The van der Waals surface area contributed by atoms with Crippen molar-refractivity contribution in [2.75, 3.05) is 66.1 Å². The number of benzene rings is 2. The first kappa shape index (κ1) is 27.0. The van der Waals surface area contributed by atoms with Gasteiger partial charge in [0.1, 0.15) is 26.4 Å². The van der Waals surface area contributed by atoms with E-state index in [2.05, 4.69) is 63.7 Å². The van der Waals surface area contributed by atoms with Gasteiger partial charge in [0.05, 0.1) is 39.6 Å². The van der Waals surface area contributed by atoms with E-state index in [9.17, 15) is 0 Å². The molecule has 0 fully saturated rings. The summed E-state index contributed by atoms with van der Waals surface area (Å²) in [7, 11) is 0. The van der Waals surface area contributed by atoms with Crippen molar-refractivity contribution in [1.82, 2.24) is 0 Å². The molecule has 7 nitrogen and oxygen atoms in total. The van der Waals surface area contributed by atoms with Crippen molar-refractivity contribution in [2.24, 2.45) is 0 Å². The van der Waals surface area contributed by atoms with Crippen LogP contribution in [0.2, 0.25) is 0 Å². The molecule has 0 bridgehead atoms. The average Bonchev–Trinajstić information content (AvgIpc) is 2.79. The molecule has 0 aromatic heterocycles. The number of fused-ring (bicyclic) bond motifs is 2. The van der Waals surface area contributed by atoms with E-state index in [1.807, 2.05) is 24.3 Å². The third-order valence-corrected chi connectivity index (χ3v) is 7.97. The molecule has 0 aliphatic carbocycles. The molecule has 0 atom stereocenters. The van der Waals surface area contributed by atoms with Gasteiger partial charge >= 0.3 is 0 Å². The smallest absolute Gasteiger partial charge is 0.162 e. The van der Waals surface area contributed by atoms with E-state index in [0.717, 1.165) is 17.9 Å². The Bertz CT molecular complexity index is 826. The summed E-state index contributed by atoms with van der Waals surface area (Å²) >= 11 is 14.0. The first-order valence-corrected chi connectivity index (χ1v) is 13.4. The van der Waals surface area contributed by atoms with Crippen molar-refractivity contribution in [1.29, 1.82) is 0 Å². The molecule has 0 saturated carbocycles. The van der Waals surface area contributed by atoms with Crippen LogP contribution in [0.1, 0.15) is 0 Å². The molecule has 3 rings (SSSR count). The molecule has 1 heterocycles. The van der Waals surface area contributed by atoms with Crippen LogP contribution in [-0.2, 0) is 14.2 Å². The lowest BCUT2D eigenvalue weighted by Gasteiger charge is -2.15. The Labute approximate surface area is 226 Å². The summed E-state index contributed by atoms with van der Waals surface area (Å²) in [6.45, 7) is 4.14. The van der Waals surface area contributed by atoms with Gasteiger partial charge < -0.3 is 33.2 Å². The minimum atomic E-state index is 0.371. The lowest BCUT2D eigenvalue weighted by atomic mass is 10.3. The van der Waals surface area contributed by atoms with Gasteiger partial charge in [0.15, 0.2) is 23.0 Å². The third-order valence-electron chi connectivity index (χ3n) is 4.29. The Kier molecular flexibility index (Phi) is 12.1. The van der Waals surface area contributed by atoms with Crippen LogP contribution in [0, 0.1) is 0 Å². The topological polar surface area (TPSA) is 64.6 Å². The Morgan fingerprint density at radius 3 is 0.818 bits per heavy atom. The molecule has 1 aliphatic heterocycles. The van der Waals surface area contributed by atoms with E-state index in [1.54, 1.807) is 0 Å². The Hall–Kier alpha value is -0.560. The number of halogens is 4. The Morgan fingerprint density at radius 2 is 0.576 bits per heavy atom. The highest BCUT2D eigenvalue weighted by Gasteiger charge is 2.12. The summed E-state index contributed by atoms with van der Waals surface area (Å²) in [5.41, 5.74) is 0. The van der Waals surface area contributed by atoms with Gasteiger partial charge in [0, 0.05) is 17.9 Å². The average molecular weight is 720 g/mol. The molecular formula is C22H24Br4O7. The van der Waals surface area contributed by atoms with Crippen molar-refractivity contribution in [3.8, 4) is 23.0 Å². The van der Waals surface area contributed by atoms with Crippen molar-refractivity contribution in [2.45, 2.75) is 0 Å². The fourth-order valence-electron chi connectivity index (χ4n) is 2.74. The fourth-order valence-corrected chi connectivity index (χ4v) is 4.03. The van der Waals surface area contributed by atoms with Gasteiger partial charge in [-0.05, 0) is 88.0 Å². The van der Waals surface area contributed by atoms with Crippen molar-refractivity contribution >= 4 is 63.7 Å². The first-order valence-electron chi connectivity index (χ1n) is 10.3. The normalized spacial score (nSPS) is 17.1. The molecular weight excluding hydrogens is 696 g/mol. The molecule has 182 valence electrons. The highest BCUT2D eigenvalue weighted by atomic mass is 79.9. The number of hydrogen-bond donors (Lipinski definition) is 0. The zero-order valence-electron chi connectivity index (χ0n) is 17.8. The molecule has 0 unspecified atom stereocenters. The maximum absolute atomic E-state index is 5.87. The second-order valence-corrected chi connectivity index (χ2v) is 10.1. The van der Waals surface area contributed by atoms with E-state index in [1.165, 1.54) is 0 Å². The summed E-state index contributed by atoms with van der Waals surface area (Å²) in [6, 6.07) is 7.45. The number of rotatable bonds is 0. The van der Waals surface area contributed by atoms with Crippen molar-refractivity contribution in [3.63, 3.8) is 0 Å². The van der Waals surface area contributed by atoms with E-state index < -0.39 is 0 Å². The quantitative estimate of drug-likeness (QED) is 0.331. The van der Waals surface area contributed by atoms with Gasteiger partial charge in [0.25, 0.3) is 0 Å². The van der Waals surface area contributed by atoms with Crippen molar-refractivity contribution in [3.05, 3.63) is 42.2 Å². The molecule has 33 heavy (non-hydrogen) atoms. The summed E-state index contributed by atoms with van der Waals surface area (Å²) in [6.07, 6.45) is 0. The van der Waals surface area contributed by atoms with Gasteiger partial charge in [0.2, 0.25) is 0 Å². The highest BCUT2D eigenvalue weighted by molar-refractivity contribution is 9.13. The first-order chi connectivity index (χ1) is 16.0. The summed E-state index contributed by atoms with van der Waals surface area (Å²) < 4.78 is 43.8. The van der Waals surface area contributed by atoms with Gasteiger partial charge in [-0.1, -0.05) is 0 Å². The van der Waals surface area contributed by atoms with Crippen molar-refractivity contribution < 1.29 is 33.2 Å². The maximum atomic E-state index is 5.87.